The summed E-state index contributed by atoms with van der Waals surface area (Å²) in [7, 11) is 1.61. The van der Waals surface area contributed by atoms with Crippen LogP contribution >= 0.6 is 0 Å². The highest BCUT2D eigenvalue weighted by Crippen LogP contribution is 2.23. The maximum absolute atomic E-state index is 12.9. The summed E-state index contributed by atoms with van der Waals surface area (Å²) in [6.07, 6.45) is 1.78. The second kappa shape index (κ2) is 9.22. The molecule has 3 heterocycles. The number of ether oxygens (including phenoxy) is 1. The Hall–Kier alpha value is -3.33. The first-order valence-electron chi connectivity index (χ1n) is 10.4. The first-order valence-corrected chi connectivity index (χ1v) is 10.4. The number of anilines is 2. The van der Waals surface area contributed by atoms with Crippen molar-refractivity contribution in [2.45, 2.75) is 33.3 Å². The van der Waals surface area contributed by atoms with Gasteiger partial charge in [0.05, 0.1) is 5.92 Å². The van der Waals surface area contributed by atoms with Gasteiger partial charge in [-0.15, -0.1) is 0 Å². The number of methoxy groups -OCH3 is 1. The Balaban J connectivity index is 1.39. The number of benzene rings is 1. The Morgan fingerprint density at radius 3 is 2.65 bits per heavy atom. The largest absolute Gasteiger partial charge is 0.377 e. The lowest BCUT2D eigenvalue weighted by molar-refractivity contribution is -0.120. The lowest BCUT2D eigenvalue weighted by atomic mass is 9.97. The van der Waals surface area contributed by atoms with Gasteiger partial charge in [0.1, 0.15) is 6.61 Å². The van der Waals surface area contributed by atoms with Gasteiger partial charge in [-0.25, -0.2) is 15.0 Å². The van der Waals surface area contributed by atoms with Gasteiger partial charge in [0, 0.05) is 42.8 Å². The zero-order valence-corrected chi connectivity index (χ0v) is 18.1. The number of H-pyrrole nitrogens is 1. The molecule has 1 amide bonds. The molecule has 1 aromatic carbocycles. The molecule has 2 N–H and O–H groups in total. The van der Waals surface area contributed by atoms with E-state index in [0.717, 1.165) is 42.0 Å². The van der Waals surface area contributed by atoms with E-state index in [1.54, 1.807) is 7.11 Å². The number of aromatic amines is 1. The Morgan fingerprint density at radius 1 is 1.19 bits per heavy atom. The molecule has 31 heavy (non-hydrogen) atoms. The van der Waals surface area contributed by atoms with Crippen LogP contribution < -0.4 is 10.2 Å². The van der Waals surface area contributed by atoms with Gasteiger partial charge in [0.15, 0.2) is 11.6 Å². The van der Waals surface area contributed by atoms with Gasteiger partial charge in [-0.1, -0.05) is 0 Å². The summed E-state index contributed by atoms with van der Waals surface area (Å²) in [4.78, 5) is 28.5. The van der Waals surface area contributed by atoms with Crippen molar-refractivity contribution in [3.05, 3.63) is 47.5 Å². The molecule has 1 fully saturated rings. The molecule has 9 heteroatoms. The van der Waals surface area contributed by atoms with E-state index in [1.807, 2.05) is 44.2 Å². The smallest absolute Gasteiger partial charge is 0.229 e. The van der Waals surface area contributed by atoms with Crippen LogP contribution in [0.25, 0.3) is 11.4 Å². The van der Waals surface area contributed by atoms with E-state index in [2.05, 4.69) is 35.4 Å². The van der Waals surface area contributed by atoms with Gasteiger partial charge < -0.3 is 15.0 Å². The third-order valence-corrected chi connectivity index (χ3v) is 5.27. The fourth-order valence-electron chi connectivity index (χ4n) is 3.79. The second-order valence-corrected chi connectivity index (χ2v) is 7.84. The van der Waals surface area contributed by atoms with E-state index in [-0.39, 0.29) is 11.8 Å². The number of piperidine rings is 1. The van der Waals surface area contributed by atoms with Crippen LogP contribution in [0.5, 0.6) is 0 Å². The predicted molar refractivity (Wildman–Crippen MR) is 118 cm³/mol. The highest BCUT2D eigenvalue weighted by molar-refractivity contribution is 5.93. The van der Waals surface area contributed by atoms with Crippen LogP contribution in [0, 0.1) is 19.8 Å². The highest BCUT2D eigenvalue weighted by Gasteiger charge is 2.27. The van der Waals surface area contributed by atoms with Crippen molar-refractivity contribution in [3.63, 3.8) is 0 Å². The zero-order valence-electron chi connectivity index (χ0n) is 18.1. The molecule has 1 atom stereocenters. The number of aromatic nitrogens is 5. The molecule has 0 aliphatic carbocycles. The Morgan fingerprint density at radius 2 is 1.94 bits per heavy atom. The number of nitrogens with zero attached hydrogens (tertiary/aromatic N) is 5. The van der Waals surface area contributed by atoms with Crippen LogP contribution in [0.2, 0.25) is 0 Å². The van der Waals surface area contributed by atoms with Crippen molar-refractivity contribution in [3.8, 4) is 11.4 Å². The lowest BCUT2D eigenvalue weighted by Crippen LogP contribution is -2.41. The summed E-state index contributed by atoms with van der Waals surface area (Å²) in [5.74, 6) is 1.88. The van der Waals surface area contributed by atoms with E-state index in [9.17, 15) is 4.79 Å². The average molecular weight is 422 g/mol. The normalized spacial score (nSPS) is 16.4. The van der Waals surface area contributed by atoms with Crippen LogP contribution in [0.3, 0.4) is 0 Å². The van der Waals surface area contributed by atoms with Crippen molar-refractivity contribution < 1.29 is 9.53 Å². The second-order valence-electron chi connectivity index (χ2n) is 7.84. The fourth-order valence-corrected chi connectivity index (χ4v) is 3.79. The highest BCUT2D eigenvalue weighted by atomic mass is 16.5. The molecule has 0 unspecified atom stereocenters. The molecular formula is C22H27N7O2. The van der Waals surface area contributed by atoms with Crippen molar-refractivity contribution >= 4 is 17.5 Å². The van der Waals surface area contributed by atoms with Gasteiger partial charge in [0.2, 0.25) is 11.9 Å². The van der Waals surface area contributed by atoms with Crippen LogP contribution in [0.1, 0.15) is 30.1 Å². The summed E-state index contributed by atoms with van der Waals surface area (Å²) in [5.41, 5.74) is 3.50. The van der Waals surface area contributed by atoms with Gasteiger partial charge >= 0.3 is 0 Å². The van der Waals surface area contributed by atoms with E-state index in [0.29, 0.717) is 30.7 Å². The molecule has 2 aromatic heterocycles. The van der Waals surface area contributed by atoms with Crippen LogP contribution in [0.4, 0.5) is 11.6 Å². The quantitative estimate of drug-likeness (QED) is 0.630. The van der Waals surface area contributed by atoms with Crippen LogP contribution in [0.15, 0.2) is 30.3 Å². The predicted octanol–water partition coefficient (Wildman–Crippen LogP) is 2.88. The standard InChI is InChI=1S/C22H27N7O2/c1-14-11-15(2)24-22(23-14)29-10-4-5-17(12-29)21(30)25-18-8-6-16(7-9-18)20-26-19(13-31-3)27-28-20/h6-9,11,17H,4-5,10,12-13H2,1-3H3,(H,25,30)(H,26,27,28)/t17-/m0/s1. The van der Waals surface area contributed by atoms with E-state index < -0.39 is 0 Å². The third-order valence-electron chi connectivity index (χ3n) is 5.27. The summed E-state index contributed by atoms with van der Waals surface area (Å²) in [6, 6.07) is 9.48. The minimum atomic E-state index is -0.109. The molecular weight excluding hydrogens is 394 g/mol. The number of hydrogen-bond donors (Lipinski definition) is 2. The summed E-state index contributed by atoms with van der Waals surface area (Å²) < 4.78 is 5.05. The van der Waals surface area contributed by atoms with Crippen molar-refractivity contribution in [2.24, 2.45) is 5.92 Å². The minimum Gasteiger partial charge on any atom is -0.377 e. The maximum Gasteiger partial charge on any atom is 0.229 e. The van der Waals surface area contributed by atoms with Crippen LogP contribution in [-0.2, 0) is 16.1 Å². The molecule has 4 rings (SSSR count). The van der Waals surface area contributed by atoms with Gasteiger partial charge in [-0.2, -0.15) is 5.10 Å². The Kier molecular flexibility index (Phi) is 6.22. The number of carbonyl (C=O) groups is 1. The first-order chi connectivity index (χ1) is 15.0. The Bertz CT molecular complexity index is 1030. The SMILES string of the molecule is COCc1nc(-c2ccc(NC(=O)[C@H]3CCCN(c4nc(C)cc(C)n4)C3)cc2)n[nH]1. The minimum absolute atomic E-state index is 0.0158. The molecule has 1 saturated heterocycles. The fraction of sp³-hybridized carbons (Fsp3) is 0.409. The van der Waals surface area contributed by atoms with Crippen molar-refractivity contribution in [1.82, 2.24) is 25.1 Å². The summed E-state index contributed by atoms with van der Waals surface area (Å²) >= 11 is 0. The molecule has 0 spiro atoms. The molecule has 1 aliphatic rings. The van der Waals surface area contributed by atoms with E-state index >= 15 is 0 Å². The van der Waals surface area contributed by atoms with E-state index in [1.165, 1.54) is 0 Å². The zero-order chi connectivity index (χ0) is 21.8. The number of hydrogen-bond acceptors (Lipinski definition) is 7. The van der Waals surface area contributed by atoms with Crippen molar-refractivity contribution in [2.75, 3.05) is 30.4 Å². The molecule has 0 bridgehead atoms. The summed E-state index contributed by atoms with van der Waals surface area (Å²) in [5, 5.41) is 10.1. The number of amides is 1. The lowest BCUT2D eigenvalue weighted by Gasteiger charge is -2.32. The number of aryl methyl sites for hydroxylation is 2. The first kappa shape index (κ1) is 20.9. The number of nitrogens with one attached hydrogen (secondary N) is 2. The maximum atomic E-state index is 12.9. The number of carbonyl (C=O) groups excluding carboxylic acids is 1. The topological polar surface area (TPSA) is 109 Å². The third kappa shape index (κ3) is 5.05. The molecule has 162 valence electrons. The van der Waals surface area contributed by atoms with Crippen molar-refractivity contribution in [1.29, 1.82) is 0 Å². The molecule has 0 radical (unpaired) electrons. The van der Waals surface area contributed by atoms with Gasteiger partial charge in [0.25, 0.3) is 0 Å². The van der Waals surface area contributed by atoms with E-state index in [4.69, 9.17) is 4.74 Å². The molecule has 3 aromatic rings. The molecule has 9 nitrogen and oxygen atoms in total. The average Bonchev–Trinajstić information content (AvgIpc) is 3.22. The Labute approximate surface area is 181 Å². The molecule has 0 saturated carbocycles. The summed E-state index contributed by atoms with van der Waals surface area (Å²) in [6.45, 7) is 5.79. The van der Waals surface area contributed by atoms with Crippen LogP contribution in [-0.4, -0.2) is 51.3 Å². The number of rotatable bonds is 6. The van der Waals surface area contributed by atoms with Gasteiger partial charge in [-0.05, 0) is 57.0 Å². The molecule has 1 aliphatic heterocycles. The van der Waals surface area contributed by atoms with Gasteiger partial charge in [-0.3, -0.25) is 9.89 Å². The monoisotopic (exact) mass is 421 g/mol.